The summed E-state index contributed by atoms with van der Waals surface area (Å²) in [5.74, 6) is 2.49. The van der Waals surface area contributed by atoms with Gasteiger partial charge in [-0.1, -0.05) is 0 Å². The van der Waals surface area contributed by atoms with Crippen LogP contribution in [0.2, 0.25) is 0 Å². The number of nitrogens with one attached hydrogen (secondary N) is 1. The minimum atomic E-state index is -0.0448. The fourth-order valence-corrected chi connectivity index (χ4v) is 4.82. The van der Waals surface area contributed by atoms with Gasteiger partial charge in [-0.3, -0.25) is 4.90 Å². The van der Waals surface area contributed by atoms with Gasteiger partial charge in [0.05, 0.1) is 30.9 Å². The number of fused-ring (bicyclic) bond motifs is 2. The van der Waals surface area contributed by atoms with E-state index in [1.165, 1.54) is 5.69 Å². The average molecular weight is 399 g/mol. The molecule has 0 aromatic carbocycles. The second kappa shape index (κ2) is 8.01. The van der Waals surface area contributed by atoms with E-state index >= 15 is 0 Å². The lowest BCUT2D eigenvalue weighted by atomic mass is 9.80. The van der Waals surface area contributed by atoms with Crippen molar-refractivity contribution in [3.05, 3.63) is 35.7 Å². The monoisotopic (exact) mass is 398 g/mol. The van der Waals surface area contributed by atoms with E-state index in [0.717, 1.165) is 82.6 Å². The van der Waals surface area contributed by atoms with Crippen LogP contribution in [0, 0.1) is 5.92 Å². The van der Waals surface area contributed by atoms with Crippen molar-refractivity contribution < 1.29 is 9.47 Å². The Bertz CT molecular complexity index is 849. The molecule has 3 aliphatic heterocycles. The predicted molar refractivity (Wildman–Crippen MR) is 109 cm³/mol. The fourth-order valence-electron chi connectivity index (χ4n) is 4.82. The highest BCUT2D eigenvalue weighted by Gasteiger charge is 2.45. The molecule has 8 heteroatoms. The summed E-state index contributed by atoms with van der Waals surface area (Å²) < 4.78 is 13.5. The van der Waals surface area contributed by atoms with Gasteiger partial charge in [-0.05, 0) is 31.7 Å². The Morgan fingerprint density at radius 3 is 2.97 bits per heavy atom. The second-order valence-electron chi connectivity index (χ2n) is 8.69. The van der Waals surface area contributed by atoms with Crippen LogP contribution in [-0.2, 0) is 35.1 Å². The standard InChI is InChI=1S/C21H30N6O2/c1-26-7-5-22-18(26)12-27-6-4-21(14-27)15-29-13-17-11-24-20(25-19(17)21)23-10-16-2-8-28-9-3-16/h5,7,11,16H,2-4,6,8-10,12-15H2,1H3,(H,23,24,25). The molecule has 1 N–H and O–H groups in total. The van der Waals surface area contributed by atoms with E-state index in [9.17, 15) is 0 Å². The maximum atomic E-state index is 5.97. The quantitative estimate of drug-likeness (QED) is 0.822. The molecular weight excluding hydrogens is 368 g/mol. The van der Waals surface area contributed by atoms with E-state index in [1.807, 2.05) is 18.6 Å². The smallest absolute Gasteiger partial charge is 0.222 e. The van der Waals surface area contributed by atoms with Gasteiger partial charge >= 0.3 is 0 Å². The molecule has 2 aromatic rings. The summed E-state index contributed by atoms with van der Waals surface area (Å²) in [7, 11) is 2.05. The van der Waals surface area contributed by atoms with E-state index in [0.29, 0.717) is 12.5 Å². The number of rotatable bonds is 5. The maximum absolute atomic E-state index is 5.97. The first-order valence-electron chi connectivity index (χ1n) is 10.7. The Morgan fingerprint density at radius 2 is 2.14 bits per heavy atom. The lowest BCUT2D eigenvalue weighted by Crippen LogP contribution is -2.40. The summed E-state index contributed by atoms with van der Waals surface area (Å²) >= 11 is 0. The number of hydrogen-bond donors (Lipinski definition) is 1. The van der Waals surface area contributed by atoms with Gasteiger partial charge in [-0.25, -0.2) is 15.0 Å². The van der Waals surface area contributed by atoms with Crippen LogP contribution in [-0.4, -0.2) is 63.9 Å². The number of anilines is 1. The zero-order chi connectivity index (χ0) is 19.7. The molecule has 0 bridgehead atoms. The van der Waals surface area contributed by atoms with Gasteiger partial charge in [0.15, 0.2) is 0 Å². The van der Waals surface area contributed by atoms with E-state index in [2.05, 4.69) is 31.8 Å². The minimum Gasteiger partial charge on any atom is -0.381 e. The van der Waals surface area contributed by atoms with E-state index in [4.69, 9.17) is 14.5 Å². The van der Waals surface area contributed by atoms with E-state index in [-0.39, 0.29) is 5.41 Å². The predicted octanol–water partition coefficient (Wildman–Crippen LogP) is 1.72. The molecule has 29 heavy (non-hydrogen) atoms. The van der Waals surface area contributed by atoms with Crippen LogP contribution < -0.4 is 5.32 Å². The van der Waals surface area contributed by atoms with Crippen LogP contribution in [0.15, 0.2) is 18.6 Å². The molecule has 1 atom stereocenters. The van der Waals surface area contributed by atoms with Crippen LogP contribution in [0.3, 0.4) is 0 Å². The summed E-state index contributed by atoms with van der Waals surface area (Å²) in [4.78, 5) is 16.5. The number of ether oxygens (including phenoxy) is 2. The van der Waals surface area contributed by atoms with Crippen molar-refractivity contribution in [2.24, 2.45) is 13.0 Å². The molecular formula is C21H30N6O2. The summed E-state index contributed by atoms with van der Waals surface area (Å²) in [6, 6.07) is 0. The average Bonchev–Trinajstić information content (AvgIpc) is 3.35. The van der Waals surface area contributed by atoms with Crippen LogP contribution in [0.25, 0.3) is 0 Å². The number of likely N-dealkylation sites (tertiary alicyclic amines) is 1. The third-order valence-electron chi connectivity index (χ3n) is 6.61. The van der Waals surface area contributed by atoms with Gasteiger partial charge < -0.3 is 19.4 Å². The van der Waals surface area contributed by atoms with Crippen molar-refractivity contribution in [3.8, 4) is 0 Å². The fraction of sp³-hybridized carbons (Fsp3) is 0.667. The van der Waals surface area contributed by atoms with Gasteiger partial charge in [-0.2, -0.15) is 0 Å². The third kappa shape index (κ3) is 3.89. The number of aromatic nitrogens is 4. The van der Waals surface area contributed by atoms with Crippen molar-refractivity contribution in [1.29, 1.82) is 0 Å². The molecule has 8 nitrogen and oxygen atoms in total. The Labute approximate surface area is 171 Å². The zero-order valence-electron chi connectivity index (χ0n) is 17.1. The van der Waals surface area contributed by atoms with Crippen molar-refractivity contribution in [2.75, 3.05) is 44.8 Å². The normalized spacial score (nSPS) is 25.4. The largest absolute Gasteiger partial charge is 0.381 e. The molecule has 156 valence electrons. The Morgan fingerprint density at radius 1 is 1.24 bits per heavy atom. The summed E-state index contributed by atoms with van der Waals surface area (Å²) in [6.07, 6.45) is 9.10. The van der Waals surface area contributed by atoms with E-state index < -0.39 is 0 Å². The second-order valence-corrected chi connectivity index (χ2v) is 8.69. The molecule has 3 aliphatic rings. The Hall–Kier alpha value is -2.03. The van der Waals surface area contributed by atoms with Crippen molar-refractivity contribution in [1.82, 2.24) is 24.4 Å². The first-order chi connectivity index (χ1) is 14.2. The molecule has 0 radical (unpaired) electrons. The number of aryl methyl sites for hydroxylation is 1. The van der Waals surface area contributed by atoms with Crippen molar-refractivity contribution in [3.63, 3.8) is 0 Å². The summed E-state index contributed by atoms with van der Waals surface area (Å²) in [5, 5.41) is 3.48. The molecule has 0 amide bonds. The molecule has 2 aromatic heterocycles. The molecule has 1 unspecified atom stereocenters. The molecule has 5 heterocycles. The van der Waals surface area contributed by atoms with Gasteiger partial charge in [0.25, 0.3) is 0 Å². The maximum Gasteiger partial charge on any atom is 0.222 e. The third-order valence-corrected chi connectivity index (χ3v) is 6.61. The summed E-state index contributed by atoms with van der Waals surface area (Å²) in [6.45, 7) is 6.82. The molecule has 2 fully saturated rings. The van der Waals surface area contributed by atoms with Crippen LogP contribution in [0.1, 0.15) is 36.3 Å². The first-order valence-corrected chi connectivity index (χ1v) is 10.7. The molecule has 1 spiro atoms. The summed E-state index contributed by atoms with van der Waals surface area (Å²) in [5.41, 5.74) is 2.26. The highest BCUT2D eigenvalue weighted by atomic mass is 16.5. The number of nitrogens with zero attached hydrogens (tertiary/aromatic N) is 5. The topological polar surface area (TPSA) is 77.3 Å². The van der Waals surface area contributed by atoms with E-state index in [1.54, 1.807) is 0 Å². The highest BCUT2D eigenvalue weighted by Crippen LogP contribution is 2.39. The zero-order valence-corrected chi connectivity index (χ0v) is 17.1. The van der Waals surface area contributed by atoms with Gasteiger partial charge in [-0.15, -0.1) is 0 Å². The molecule has 0 saturated carbocycles. The lowest BCUT2D eigenvalue weighted by molar-refractivity contribution is 0.0501. The van der Waals surface area contributed by atoms with Crippen molar-refractivity contribution >= 4 is 5.95 Å². The molecule has 0 aliphatic carbocycles. The molecule has 5 rings (SSSR count). The highest BCUT2D eigenvalue weighted by molar-refractivity contribution is 5.36. The van der Waals surface area contributed by atoms with Crippen LogP contribution >= 0.6 is 0 Å². The van der Waals surface area contributed by atoms with Gasteiger partial charge in [0, 0.05) is 57.5 Å². The lowest BCUT2D eigenvalue weighted by Gasteiger charge is -2.34. The number of hydrogen-bond acceptors (Lipinski definition) is 7. The number of imidazole rings is 1. The van der Waals surface area contributed by atoms with Crippen LogP contribution in [0.4, 0.5) is 5.95 Å². The first kappa shape index (κ1) is 19.0. The minimum absolute atomic E-state index is 0.0448. The Kier molecular flexibility index (Phi) is 5.24. The van der Waals surface area contributed by atoms with Crippen molar-refractivity contribution in [2.45, 2.75) is 37.8 Å². The van der Waals surface area contributed by atoms with Gasteiger partial charge in [0.2, 0.25) is 5.95 Å². The Balaban J connectivity index is 1.31. The van der Waals surface area contributed by atoms with Gasteiger partial charge in [0.1, 0.15) is 5.82 Å². The SMILES string of the molecule is Cn1ccnc1CN1CCC2(COCc3cnc(NCC4CCOCC4)nc32)C1. The van der Waals surface area contributed by atoms with Crippen LogP contribution in [0.5, 0.6) is 0 Å². The molecule has 2 saturated heterocycles.